The largest absolute Gasteiger partial charge is 0.387 e. The van der Waals surface area contributed by atoms with E-state index in [0.717, 1.165) is 18.7 Å². The van der Waals surface area contributed by atoms with E-state index in [4.69, 9.17) is 4.18 Å². The van der Waals surface area contributed by atoms with E-state index in [9.17, 15) is 8.42 Å². The van der Waals surface area contributed by atoms with Crippen molar-refractivity contribution in [3.8, 4) is 0 Å². The molecule has 0 N–H and O–H groups in total. The van der Waals surface area contributed by atoms with E-state index in [-0.39, 0.29) is 10.9 Å². The van der Waals surface area contributed by atoms with Crippen LogP contribution in [0.15, 0.2) is 77.9 Å². The van der Waals surface area contributed by atoms with Crippen molar-refractivity contribution in [3.63, 3.8) is 0 Å². The fraction of sp³-hybridized carbons (Fsp3) is 0.263. The van der Waals surface area contributed by atoms with Gasteiger partial charge < -0.3 is 4.18 Å². The van der Waals surface area contributed by atoms with Gasteiger partial charge in [0.25, 0.3) is 0 Å². The molecule has 126 valence electrons. The fourth-order valence-electron chi connectivity index (χ4n) is 2.94. The van der Waals surface area contributed by atoms with Gasteiger partial charge in [-0.3, -0.25) is 4.90 Å². The number of hydrogen-bond donors (Lipinski definition) is 0. The summed E-state index contributed by atoms with van der Waals surface area (Å²) in [4.78, 5) is 2.50. The van der Waals surface area contributed by atoms with Gasteiger partial charge in [-0.15, -0.1) is 0 Å². The molecule has 1 aliphatic rings. The second-order valence-electron chi connectivity index (χ2n) is 5.79. The third-order valence-corrected chi connectivity index (χ3v) is 5.36. The Bertz CT molecular complexity index is 767. The Kier molecular flexibility index (Phi) is 5.33. The maximum Gasteiger partial charge on any atom is 0.338 e. The first-order valence-electron chi connectivity index (χ1n) is 8.11. The maximum absolute atomic E-state index is 12.2. The van der Waals surface area contributed by atoms with E-state index >= 15 is 0 Å². The Hall–Kier alpha value is -2.11. The Labute approximate surface area is 143 Å². The third-order valence-electron chi connectivity index (χ3n) is 4.15. The molecular weight excluding hydrogens is 322 g/mol. The molecule has 1 atom stereocenters. The second-order valence-corrected chi connectivity index (χ2v) is 7.36. The molecule has 1 fully saturated rings. The summed E-state index contributed by atoms with van der Waals surface area (Å²) in [6, 6.07) is 18.3. The van der Waals surface area contributed by atoms with Crippen LogP contribution in [0.5, 0.6) is 0 Å². The van der Waals surface area contributed by atoms with Crippen LogP contribution in [-0.4, -0.2) is 26.4 Å². The van der Waals surface area contributed by atoms with Crippen LogP contribution in [0.2, 0.25) is 0 Å². The molecule has 1 aliphatic heterocycles. The van der Waals surface area contributed by atoms with Crippen LogP contribution in [-0.2, 0) is 14.3 Å². The van der Waals surface area contributed by atoms with E-state index < -0.39 is 10.1 Å². The molecule has 2 aromatic carbocycles. The van der Waals surface area contributed by atoms with Gasteiger partial charge in [0.05, 0.1) is 6.04 Å². The summed E-state index contributed by atoms with van der Waals surface area (Å²) in [7, 11) is -3.77. The Morgan fingerprint density at radius 3 is 2.12 bits per heavy atom. The first-order chi connectivity index (χ1) is 11.7. The number of rotatable bonds is 6. The standard InChI is InChI=1S/C19H21NO3S/c21-24(22,18-11-5-2-6-12-18)23-16-13-19(20-14-7-8-15-20)17-9-3-1-4-10-17/h1-6,9-13,16,19H,7-8,14-15H2. The van der Waals surface area contributed by atoms with Crippen LogP contribution in [0.3, 0.4) is 0 Å². The fourth-order valence-corrected chi connectivity index (χ4v) is 3.75. The molecule has 5 heteroatoms. The predicted molar refractivity (Wildman–Crippen MR) is 93.8 cm³/mol. The summed E-state index contributed by atoms with van der Waals surface area (Å²) in [5.41, 5.74) is 1.14. The van der Waals surface area contributed by atoms with Gasteiger partial charge in [-0.05, 0) is 49.7 Å². The normalized spacial score (nSPS) is 17.2. The molecule has 0 aliphatic carbocycles. The highest BCUT2D eigenvalue weighted by Gasteiger charge is 2.21. The minimum Gasteiger partial charge on any atom is -0.387 e. The van der Waals surface area contributed by atoms with Crippen molar-refractivity contribution in [2.24, 2.45) is 0 Å². The van der Waals surface area contributed by atoms with Crippen LogP contribution < -0.4 is 0 Å². The average Bonchev–Trinajstić information content (AvgIpc) is 3.14. The van der Waals surface area contributed by atoms with Crippen molar-refractivity contribution in [1.82, 2.24) is 4.90 Å². The Morgan fingerprint density at radius 1 is 0.917 bits per heavy atom. The molecule has 24 heavy (non-hydrogen) atoms. The Balaban J connectivity index is 1.76. The molecule has 0 aromatic heterocycles. The summed E-state index contributed by atoms with van der Waals surface area (Å²) in [6.07, 6.45) is 5.46. The summed E-state index contributed by atoms with van der Waals surface area (Å²) in [6.45, 7) is 2.02. The summed E-state index contributed by atoms with van der Waals surface area (Å²) >= 11 is 0. The van der Waals surface area contributed by atoms with Crippen molar-refractivity contribution in [1.29, 1.82) is 0 Å². The molecule has 1 unspecified atom stereocenters. The zero-order chi connectivity index (χ0) is 16.8. The van der Waals surface area contributed by atoms with Crippen LogP contribution in [0, 0.1) is 0 Å². The van der Waals surface area contributed by atoms with Crippen LogP contribution in [0.4, 0.5) is 0 Å². The molecule has 0 spiro atoms. The van der Waals surface area contributed by atoms with Gasteiger partial charge in [0.1, 0.15) is 11.2 Å². The van der Waals surface area contributed by atoms with Crippen molar-refractivity contribution >= 4 is 10.1 Å². The molecular formula is C19H21NO3S. The number of nitrogens with zero attached hydrogens (tertiary/aromatic N) is 1. The third kappa shape index (κ3) is 4.04. The monoisotopic (exact) mass is 343 g/mol. The van der Waals surface area contributed by atoms with Crippen LogP contribution in [0.1, 0.15) is 24.4 Å². The lowest BCUT2D eigenvalue weighted by molar-refractivity contribution is 0.285. The van der Waals surface area contributed by atoms with E-state index in [1.165, 1.54) is 31.2 Å². The molecule has 0 radical (unpaired) electrons. The molecule has 0 bridgehead atoms. The van der Waals surface area contributed by atoms with Gasteiger partial charge in [-0.1, -0.05) is 48.5 Å². The highest BCUT2D eigenvalue weighted by molar-refractivity contribution is 7.86. The highest BCUT2D eigenvalue weighted by atomic mass is 32.2. The molecule has 2 aromatic rings. The quantitative estimate of drug-likeness (QED) is 0.592. The van der Waals surface area contributed by atoms with Gasteiger partial charge in [0.15, 0.2) is 0 Å². The van der Waals surface area contributed by atoms with Gasteiger partial charge in [-0.25, -0.2) is 0 Å². The minimum absolute atomic E-state index is 0.0275. The SMILES string of the molecule is O=S(=O)(OC=CC(c1ccccc1)N1CCCC1)c1ccccc1. The molecule has 0 amide bonds. The van der Waals surface area contributed by atoms with Crippen molar-refractivity contribution in [2.45, 2.75) is 23.8 Å². The highest BCUT2D eigenvalue weighted by Crippen LogP contribution is 2.26. The molecule has 4 nitrogen and oxygen atoms in total. The van der Waals surface area contributed by atoms with Crippen molar-refractivity contribution < 1.29 is 12.6 Å². The van der Waals surface area contributed by atoms with E-state index in [2.05, 4.69) is 17.0 Å². The first kappa shape index (κ1) is 16.7. The second kappa shape index (κ2) is 7.64. The number of likely N-dealkylation sites (tertiary alicyclic amines) is 1. The van der Waals surface area contributed by atoms with E-state index in [1.54, 1.807) is 18.2 Å². The summed E-state index contributed by atoms with van der Waals surface area (Å²) in [5, 5.41) is 0. The molecule has 0 saturated carbocycles. The van der Waals surface area contributed by atoms with Gasteiger partial charge in [0.2, 0.25) is 0 Å². The smallest absolute Gasteiger partial charge is 0.338 e. The zero-order valence-electron chi connectivity index (χ0n) is 13.4. The lowest BCUT2D eigenvalue weighted by atomic mass is 10.1. The van der Waals surface area contributed by atoms with Gasteiger partial charge >= 0.3 is 10.1 Å². The van der Waals surface area contributed by atoms with E-state index in [1.807, 2.05) is 24.3 Å². The average molecular weight is 343 g/mol. The zero-order valence-corrected chi connectivity index (χ0v) is 14.2. The molecule has 3 rings (SSSR count). The molecule has 1 heterocycles. The molecule has 1 saturated heterocycles. The predicted octanol–water partition coefficient (Wildman–Crippen LogP) is 3.74. The first-order valence-corrected chi connectivity index (χ1v) is 9.52. The maximum atomic E-state index is 12.2. The number of benzene rings is 2. The number of hydrogen-bond acceptors (Lipinski definition) is 4. The lowest BCUT2D eigenvalue weighted by Gasteiger charge is -2.24. The summed E-state index contributed by atoms with van der Waals surface area (Å²) in [5.74, 6) is 0. The summed E-state index contributed by atoms with van der Waals surface area (Å²) < 4.78 is 29.5. The van der Waals surface area contributed by atoms with Crippen molar-refractivity contribution in [3.05, 3.63) is 78.6 Å². The van der Waals surface area contributed by atoms with Crippen molar-refractivity contribution in [2.75, 3.05) is 13.1 Å². The van der Waals surface area contributed by atoms with E-state index in [0.29, 0.717) is 0 Å². The van der Waals surface area contributed by atoms with Crippen LogP contribution in [0.25, 0.3) is 0 Å². The minimum atomic E-state index is -3.77. The van der Waals surface area contributed by atoms with Gasteiger partial charge in [0, 0.05) is 0 Å². The Morgan fingerprint density at radius 2 is 1.50 bits per heavy atom. The topological polar surface area (TPSA) is 46.6 Å². The lowest BCUT2D eigenvalue weighted by Crippen LogP contribution is -2.24. The van der Waals surface area contributed by atoms with Gasteiger partial charge in [-0.2, -0.15) is 8.42 Å². The van der Waals surface area contributed by atoms with Crippen LogP contribution >= 0.6 is 0 Å².